The molecule has 0 unspecified atom stereocenters. The summed E-state index contributed by atoms with van der Waals surface area (Å²) in [5.41, 5.74) is 2.34. The highest BCUT2D eigenvalue weighted by Crippen LogP contribution is 2.29. The lowest BCUT2D eigenvalue weighted by Gasteiger charge is -2.14. The summed E-state index contributed by atoms with van der Waals surface area (Å²) < 4.78 is 0. The lowest BCUT2D eigenvalue weighted by molar-refractivity contribution is 0.0926. The topological polar surface area (TPSA) is 66.1 Å². The second kappa shape index (κ2) is 4.66. The number of imidazole rings is 1. The van der Waals surface area contributed by atoms with Crippen LogP contribution in [0, 0.1) is 0 Å². The van der Waals surface area contributed by atoms with Crippen molar-refractivity contribution in [3.63, 3.8) is 0 Å². The number of fused-ring (bicyclic) bond motifs is 1. The number of aromatic amines is 1. The Morgan fingerprint density at radius 1 is 0.864 bits per heavy atom. The number of nitrogens with one attached hydrogen (secondary N) is 1. The molecule has 2 heterocycles. The van der Waals surface area contributed by atoms with Gasteiger partial charge < -0.3 is 4.98 Å². The zero-order chi connectivity index (χ0) is 15.1. The van der Waals surface area contributed by atoms with Gasteiger partial charge in [-0.1, -0.05) is 12.1 Å². The fourth-order valence-corrected chi connectivity index (χ4v) is 2.62. The Morgan fingerprint density at radius 2 is 1.50 bits per heavy atom. The highest BCUT2D eigenvalue weighted by Gasteiger charge is 2.36. The molecular weight excluding hydrogens is 278 g/mol. The van der Waals surface area contributed by atoms with Crippen LogP contribution >= 0.6 is 0 Å². The number of benzene rings is 2. The van der Waals surface area contributed by atoms with Crippen molar-refractivity contribution in [3.05, 3.63) is 72.1 Å². The molecule has 0 aliphatic carbocycles. The molecule has 5 heteroatoms. The SMILES string of the molecule is O=C1c2ccccc2C(=O)N1c1ccc(-c2ncc[nH]2)cc1. The number of imide groups is 1. The second-order valence-electron chi connectivity index (χ2n) is 4.98. The quantitative estimate of drug-likeness (QED) is 0.738. The Balaban J connectivity index is 1.72. The number of rotatable bonds is 2. The van der Waals surface area contributed by atoms with Crippen molar-refractivity contribution in [2.45, 2.75) is 0 Å². The Morgan fingerprint density at radius 3 is 2.05 bits per heavy atom. The Hall–Kier alpha value is -3.21. The van der Waals surface area contributed by atoms with E-state index in [0.29, 0.717) is 16.8 Å². The normalized spacial score (nSPS) is 13.5. The van der Waals surface area contributed by atoms with Crippen molar-refractivity contribution >= 4 is 17.5 Å². The molecule has 2 amide bonds. The van der Waals surface area contributed by atoms with Gasteiger partial charge in [0.25, 0.3) is 11.8 Å². The summed E-state index contributed by atoms with van der Waals surface area (Å²) in [5.74, 6) is 0.173. The molecule has 1 N–H and O–H groups in total. The molecule has 0 fully saturated rings. The van der Waals surface area contributed by atoms with Crippen LogP contribution in [0.15, 0.2) is 60.9 Å². The van der Waals surface area contributed by atoms with Crippen LogP contribution in [0.5, 0.6) is 0 Å². The number of carbonyl (C=O) groups excluding carboxylic acids is 2. The van der Waals surface area contributed by atoms with Gasteiger partial charge in [-0.25, -0.2) is 9.88 Å². The molecule has 1 aliphatic rings. The molecule has 2 aromatic carbocycles. The lowest BCUT2D eigenvalue weighted by atomic mass is 10.1. The second-order valence-corrected chi connectivity index (χ2v) is 4.98. The predicted molar refractivity (Wildman–Crippen MR) is 81.6 cm³/mol. The van der Waals surface area contributed by atoms with Gasteiger partial charge >= 0.3 is 0 Å². The molecule has 1 aliphatic heterocycles. The minimum atomic E-state index is -0.286. The van der Waals surface area contributed by atoms with Gasteiger partial charge in [-0.05, 0) is 36.4 Å². The number of hydrogen-bond donors (Lipinski definition) is 1. The maximum absolute atomic E-state index is 12.4. The van der Waals surface area contributed by atoms with E-state index in [-0.39, 0.29) is 11.8 Å². The van der Waals surface area contributed by atoms with E-state index in [1.54, 1.807) is 48.8 Å². The van der Waals surface area contributed by atoms with Crippen molar-refractivity contribution in [1.29, 1.82) is 0 Å². The summed E-state index contributed by atoms with van der Waals surface area (Å²) in [6.45, 7) is 0. The lowest BCUT2D eigenvalue weighted by Crippen LogP contribution is -2.29. The van der Waals surface area contributed by atoms with Gasteiger partial charge in [0.05, 0.1) is 16.8 Å². The highest BCUT2D eigenvalue weighted by molar-refractivity contribution is 6.34. The molecule has 0 radical (unpaired) electrons. The van der Waals surface area contributed by atoms with E-state index in [0.717, 1.165) is 11.4 Å². The molecule has 4 rings (SSSR count). The molecule has 0 saturated heterocycles. The van der Waals surface area contributed by atoms with Gasteiger partial charge in [-0.3, -0.25) is 9.59 Å². The molecule has 106 valence electrons. The summed E-state index contributed by atoms with van der Waals surface area (Å²) in [5, 5.41) is 0. The first-order chi connectivity index (χ1) is 10.8. The number of anilines is 1. The number of nitrogens with zero attached hydrogens (tertiary/aromatic N) is 2. The van der Waals surface area contributed by atoms with Gasteiger partial charge in [0.1, 0.15) is 5.82 Å². The maximum Gasteiger partial charge on any atom is 0.266 e. The van der Waals surface area contributed by atoms with E-state index in [1.165, 1.54) is 4.90 Å². The molecule has 5 nitrogen and oxygen atoms in total. The first-order valence-electron chi connectivity index (χ1n) is 6.83. The van der Waals surface area contributed by atoms with Crippen molar-refractivity contribution in [2.75, 3.05) is 4.90 Å². The number of aromatic nitrogens is 2. The molecule has 0 atom stereocenters. The van der Waals surface area contributed by atoms with Crippen LogP contribution in [0.25, 0.3) is 11.4 Å². The smallest absolute Gasteiger partial charge is 0.266 e. The minimum Gasteiger partial charge on any atom is -0.345 e. The Kier molecular flexibility index (Phi) is 2.66. The zero-order valence-electron chi connectivity index (χ0n) is 11.5. The average molecular weight is 289 g/mol. The first kappa shape index (κ1) is 12.5. The number of amides is 2. The zero-order valence-corrected chi connectivity index (χ0v) is 11.5. The fourth-order valence-electron chi connectivity index (χ4n) is 2.62. The number of carbonyl (C=O) groups is 2. The third-order valence-corrected chi connectivity index (χ3v) is 3.69. The molecule has 0 bridgehead atoms. The van der Waals surface area contributed by atoms with Gasteiger partial charge in [-0.2, -0.15) is 0 Å². The summed E-state index contributed by atoms with van der Waals surface area (Å²) in [6.07, 6.45) is 3.42. The summed E-state index contributed by atoms with van der Waals surface area (Å²) in [4.78, 5) is 33.2. The molecular formula is C17H11N3O2. The van der Waals surface area contributed by atoms with Gasteiger partial charge in [0.2, 0.25) is 0 Å². The fraction of sp³-hybridized carbons (Fsp3) is 0. The largest absolute Gasteiger partial charge is 0.345 e. The van der Waals surface area contributed by atoms with Crippen LogP contribution in [0.2, 0.25) is 0 Å². The van der Waals surface area contributed by atoms with Crippen LogP contribution < -0.4 is 4.90 Å². The molecule has 0 spiro atoms. The summed E-state index contributed by atoms with van der Waals surface area (Å²) in [6, 6.07) is 14.0. The minimum absolute atomic E-state index is 0.286. The monoisotopic (exact) mass is 289 g/mol. The van der Waals surface area contributed by atoms with E-state index < -0.39 is 0 Å². The van der Waals surface area contributed by atoms with Gasteiger partial charge in [0, 0.05) is 18.0 Å². The number of H-pyrrole nitrogens is 1. The van der Waals surface area contributed by atoms with Crippen LogP contribution in [-0.2, 0) is 0 Å². The average Bonchev–Trinajstić information content (AvgIpc) is 3.17. The molecule has 1 aromatic heterocycles. The van der Waals surface area contributed by atoms with E-state index in [4.69, 9.17) is 0 Å². The van der Waals surface area contributed by atoms with Crippen molar-refractivity contribution < 1.29 is 9.59 Å². The van der Waals surface area contributed by atoms with E-state index in [9.17, 15) is 9.59 Å². The van der Waals surface area contributed by atoms with E-state index in [1.807, 2.05) is 12.1 Å². The Labute approximate surface area is 126 Å². The van der Waals surface area contributed by atoms with Crippen molar-refractivity contribution in [2.24, 2.45) is 0 Å². The summed E-state index contributed by atoms with van der Waals surface area (Å²) >= 11 is 0. The molecule has 0 saturated carbocycles. The van der Waals surface area contributed by atoms with Crippen molar-refractivity contribution in [3.8, 4) is 11.4 Å². The maximum atomic E-state index is 12.4. The van der Waals surface area contributed by atoms with Crippen LogP contribution in [0.3, 0.4) is 0 Å². The number of hydrogen-bond acceptors (Lipinski definition) is 3. The first-order valence-corrected chi connectivity index (χ1v) is 6.83. The highest BCUT2D eigenvalue weighted by atomic mass is 16.2. The van der Waals surface area contributed by atoms with Crippen LogP contribution in [0.1, 0.15) is 20.7 Å². The van der Waals surface area contributed by atoms with Crippen LogP contribution in [0.4, 0.5) is 5.69 Å². The Bertz CT molecular complexity index is 832. The molecule has 3 aromatic rings. The standard InChI is InChI=1S/C17H11N3O2/c21-16-13-3-1-2-4-14(13)17(22)20(16)12-7-5-11(6-8-12)15-18-9-10-19-15/h1-10H,(H,18,19). The van der Waals surface area contributed by atoms with E-state index >= 15 is 0 Å². The van der Waals surface area contributed by atoms with E-state index in [2.05, 4.69) is 9.97 Å². The molecule has 22 heavy (non-hydrogen) atoms. The van der Waals surface area contributed by atoms with Gasteiger partial charge in [0.15, 0.2) is 0 Å². The third-order valence-electron chi connectivity index (χ3n) is 3.69. The van der Waals surface area contributed by atoms with Crippen molar-refractivity contribution in [1.82, 2.24) is 9.97 Å². The predicted octanol–water partition coefficient (Wildman–Crippen LogP) is 2.88. The third kappa shape index (κ3) is 1.76. The van der Waals surface area contributed by atoms with Gasteiger partial charge in [-0.15, -0.1) is 0 Å². The van der Waals surface area contributed by atoms with Crippen LogP contribution in [-0.4, -0.2) is 21.8 Å². The summed E-state index contributed by atoms with van der Waals surface area (Å²) in [7, 11) is 0.